The quantitative estimate of drug-likeness (QED) is 0.548. The molecule has 0 saturated heterocycles. The lowest BCUT2D eigenvalue weighted by Crippen LogP contribution is -2.04. The number of hydrogen-bond acceptors (Lipinski definition) is 2. The van der Waals surface area contributed by atoms with Crippen LogP contribution in [0.4, 0.5) is 5.69 Å². The van der Waals surface area contributed by atoms with E-state index < -0.39 is 0 Å². The number of rotatable bonds is 2. The number of nitrogens with two attached hydrogens (primary N) is 1. The molecule has 0 bridgehead atoms. The normalized spacial score (nSPS) is 13.8. The number of benzene rings is 2. The molecule has 1 heterocycles. The molecule has 104 valence electrons. The Bertz CT molecular complexity index is 803. The molecule has 2 aromatic carbocycles. The monoisotopic (exact) mass is 275 g/mol. The highest BCUT2D eigenvalue weighted by Gasteiger charge is 2.23. The standard InChI is InChI=1S/C18H17N3/c1-11(17-8-9-20-21-17)13-6-7-15-14-5-3-2-4-12(14)10-16(15)18(13)19/h2-9,11H,10,19H2,1H3,(H,20,21)/t11-/m0/s1. The van der Waals surface area contributed by atoms with Gasteiger partial charge in [-0.15, -0.1) is 0 Å². The average Bonchev–Trinajstić information content (AvgIpc) is 3.15. The van der Waals surface area contributed by atoms with Crippen LogP contribution in [0, 0.1) is 0 Å². The van der Waals surface area contributed by atoms with Gasteiger partial charge in [0.15, 0.2) is 0 Å². The SMILES string of the molecule is C[C@H](c1ccn[nH]1)c1ccc2c(c1N)Cc1ccccc1-2. The summed E-state index contributed by atoms with van der Waals surface area (Å²) in [7, 11) is 0. The zero-order valence-corrected chi connectivity index (χ0v) is 11.9. The van der Waals surface area contributed by atoms with Gasteiger partial charge in [-0.05, 0) is 33.9 Å². The van der Waals surface area contributed by atoms with E-state index in [1.807, 2.05) is 6.07 Å². The van der Waals surface area contributed by atoms with Crippen LogP contribution in [0.15, 0.2) is 48.7 Å². The number of hydrogen-bond donors (Lipinski definition) is 2. The molecule has 1 atom stereocenters. The number of nitrogen functional groups attached to an aromatic ring is 1. The van der Waals surface area contributed by atoms with Crippen molar-refractivity contribution in [2.75, 3.05) is 5.73 Å². The molecule has 0 aliphatic heterocycles. The predicted octanol–water partition coefficient (Wildman–Crippen LogP) is 3.71. The highest BCUT2D eigenvalue weighted by atomic mass is 15.1. The molecule has 21 heavy (non-hydrogen) atoms. The highest BCUT2D eigenvalue weighted by molar-refractivity contribution is 5.82. The fourth-order valence-corrected chi connectivity index (χ4v) is 3.31. The molecular formula is C18H17N3. The molecule has 3 aromatic rings. The van der Waals surface area contributed by atoms with Gasteiger partial charge in [0.05, 0.1) is 0 Å². The molecule has 0 saturated carbocycles. The first-order valence-corrected chi connectivity index (χ1v) is 7.24. The Morgan fingerprint density at radius 1 is 1.10 bits per heavy atom. The molecule has 0 unspecified atom stereocenters. The van der Waals surface area contributed by atoms with Crippen LogP contribution in [0.2, 0.25) is 0 Å². The zero-order valence-electron chi connectivity index (χ0n) is 11.9. The van der Waals surface area contributed by atoms with Gasteiger partial charge in [-0.3, -0.25) is 5.10 Å². The summed E-state index contributed by atoms with van der Waals surface area (Å²) < 4.78 is 0. The first-order chi connectivity index (χ1) is 10.3. The number of nitrogens with zero attached hydrogens (tertiary/aromatic N) is 1. The molecule has 1 aliphatic rings. The fraction of sp³-hybridized carbons (Fsp3) is 0.167. The molecule has 0 fully saturated rings. The van der Waals surface area contributed by atoms with Gasteiger partial charge in [0.1, 0.15) is 0 Å². The number of H-pyrrole nitrogens is 1. The molecule has 4 rings (SSSR count). The van der Waals surface area contributed by atoms with Gasteiger partial charge in [-0.25, -0.2) is 0 Å². The van der Waals surface area contributed by atoms with Gasteiger partial charge < -0.3 is 5.73 Å². The van der Waals surface area contributed by atoms with E-state index in [1.54, 1.807) is 6.20 Å². The third-order valence-electron chi connectivity index (χ3n) is 4.52. The maximum absolute atomic E-state index is 6.49. The number of nitrogens with one attached hydrogen (secondary N) is 1. The van der Waals surface area contributed by atoms with Gasteiger partial charge in [-0.1, -0.05) is 43.3 Å². The second kappa shape index (κ2) is 4.48. The summed E-state index contributed by atoms with van der Waals surface area (Å²) in [5.41, 5.74) is 14.9. The summed E-state index contributed by atoms with van der Waals surface area (Å²) in [5.74, 6) is 0.224. The van der Waals surface area contributed by atoms with Crippen molar-refractivity contribution in [3.8, 4) is 11.1 Å². The van der Waals surface area contributed by atoms with Crippen LogP contribution in [-0.4, -0.2) is 10.2 Å². The van der Waals surface area contributed by atoms with Gasteiger partial charge >= 0.3 is 0 Å². The van der Waals surface area contributed by atoms with Crippen molar-refractivity contribution < 1.29 is 0 Å². The molecule has 0 amide bonds. The molecule has 0 radical (unpaired) electrons. The Morgan fingerprint density at radius 2 is 1.95 bits per heavy atom. The maximum Gasteiger partial charge on any atom is 0.0490 e. The minimum Gasteiger partial charge on any atom is -0.398 e. The zero-order chi connectivity index (χ0) is 14.4. The average molecular weight is 275 g/mol. The van der Waals surface area contributed by atoms with Crippen LogP contribution in [0.3, 0.4) is 0 Å². The summed E-state index contributed by atoms with van der Waals surface area (Å²) in [5, 5.41) is 7.08. The summed E-state index contributed by atoms with van der Waals surface area (Å²) in [4.78, 5) is 0. The molecule has 3 N–H and O–H groups in total. The van der Waals surface area contributed by atoms with Crippen molar-refractivity contribution >= 4 is 5.69 Å². The lowest BCUT2D eigenvalue weighted by atomic mass is 9.92. The van der Waals surface area contributed by atoms with Crippen molar-refractivity contribution in [2.24, 2.45) is 0 Å². The molecule has 0 spiro atoms. The van der Waals surface area contributed by atoms with Gasteiger partial charge in [0, 0.05) is 29.9 Å². The van der Waals surface area contributed by atoms with Crippen molar-refractivity contribution in [3.05, 3.63) is 71.0 Å². The van der Waals surface area contributed by atoms with Crippen LogP contribution in [0.1, 0.15) is 35.2 Å². The Balaban J connectivity index is 1.83. The summed E-state index contributed by atoms with van der Waals surface area (Å²) in [6, 6.07) is 14.9. The number of anilines is 1. The van der Waals surface area contributed by atoms with Crippen molar-refractivity contribution in [1.82, 2.24) is 10.2 Å². The van der Waals surface area contributed by atoms with Crippen molar-refractivity contribution in [2.45, 2.75) is 19.3 Å². The topological polar surface area (TPSA) is 54.7 Å². The number of aromatic amines is 1. The summed E-state index contributed by atoms with van der Waals surface area (Å²) in [6.45, 7) is 2.16. The molecular weight excluding hydrogens is 258 g/mol. The highest BCUT2D eigenvalue weighted by Crippen LogP contribution is 2.42. The van der Waals surface area contributed by atoms with E-state index in [-0.39, 0.29) is 5.92 Å². The Kier molecular flexibility index (Phi) is 2.61. The Hall–Kier alpha value is -2.55. The van der Waals surface area contributed by atoms with Crippen LogP contribution < -0.4 is 5.73 Å². The first-order valence-electron chi connectivity index (χ1n) is 7.24. The van der Waals surface area contributed by atoms with Crippen LogP contribution in [0.25, 0.3) is 11.1 Å². The van der Waals surface area contributed by atoms with E-state index in [2.05, 4.69) is 53.5 Å². The number of fused-ring (bicyclic) bond motifs is 3. The lowest BCUT2D eigenvalue weighted by molar-refractivity contribution is 0.855. The predicted molar refractivity (Wildman–Crippen MR) is 85.2 cm³/mol. The first kappa shape index (κ1) is 12.2. The van der Waals surface area contributed by atoms with E-state index in [0.717, 1.165) is 17.8 Å². The maximum atomic E-state index is 6.49. The van der Waals surface area contributed by atoms with E-state index in [9.17, 15) is 0 Å². The minimum atomic E-state index is 0.224. The molecule has 3 nitrogen and oxygen atoms in total. The van der Waals surface area contributed by atoms with E-state index in [1.165, 1.54) is 27.8 Å². The van der Waals surface area contributed by atoms with Crippen LogP contribution in [-0.2, 0) is 6.42 Å². The lowest BCUT2D eigenvalue weighted by Gasteiger charge is -2.16. The van der Waals surface area contributed by atoms with E-state index in [0.29, 0.717) is 0 Å². The van der Waals surface area contributed by atoms with E-state index in [4.69, 9.17) is 5.73 Å². The smallest absolute Gasteiger partial charge is 0.0490 e. The largest absolute Gasteiger partial charge is 0.398 e. The fourth-order valence-electron chi connectivity index (χ4n) is 3.31. The third-order valence-corrected chi connectivity index (χ3v) is 4.52. The Morgan fingerprint density at radius 3 is 2.76 bits per heavy atom. The molecule has 1 aliphatic carbocycles. The van der Waals surface area contributed by atoms with Gasteiger partial charge in [0.2, 0.25) is 0 Å². The third kappa shape index (κ3) is 1.77. The minimum absolute atomic E-state index is 0.224. The van der Waals surface area contributed by atoms with Crippen molar-refractivity contribution in [3.63, 3.8) is 0 Å². The van der Waals surface area contributed by atoms with Gasteiger partial charge in [0.25, 0.3) is 0 Å². The summed E-state index contributed by atoms with van der Waals surface area (Å²) in [6.07, 6.45) is 2.71. The summed E-state index contributed by atoms with van der Waals surface area (Å²) >= 11 is 0. The molecule has 1 aromatic heterocycles. The second-order valence-electron chi connectivity index (χ2n) is 5.66. The Labute approximate surface area is 123 Å². The van der Waals surface area contributed by atoms with Crippen molar-refractivity contribution in [1.29, 1.82) is 0 Å². The van der Waals surface area contributed by atoms with Crippen LogP contribution >= 0.6 is 0 Å². The number of aromatic nitrogens is 2. The molecule has 3 heteroatoms. The van der Waals surface area contributed by atoms with Gasteiger partial charge in [-0.2, -0.15) is 5.10 Å². The van der Waals surface area contributed by atoms with E-state index >= 15 is 0 Å². The van der Waals surface area contributed by atoms with Crippen LogP contribution in [0.5, 0.6) is 0 Å². The second-order valence-corrected chi connectivity index (χ2v) is 5.66.